The highest BCUT2D eigenvalue weighted by Crippen LogP contribution is 2.34. The Kier molecular flexibility index (Phi) is 5.48. The molecule has 0 spiro atoms. The number of fused-ring (bicyclic) bond motifs is 1. The van der Waals surface area contributed by atoms with Crippen molar-refractivity contribution >= 4 is 23.1 Å². The molecule has 2 aliphatic heterocycles. The maximum absolute atomic E-state index is 12.4. The molecule has 0 radical (unpaired) electrons. The summed E-state index contributed by atoms with van der Waals surface area (Å²) in [5.74, 6) is 0.393. The Hall–Kier alpha value is -1.89. The molecule has 4 atom stereocenters. The van der Waals surface area contributed by atoms with Gasteiger partial charge < -0.3 is 20.1 Å². The van der Waals surface area contributed by atoms with Crippen molar-refractivity contribution in [2.24, 2.45) is 5.92 Å². The quantitative estimate of drug-likeness (QED) is 0.819. The number of anilines is 1. The molecule has 0 bridgehead atoms. The van der Waals surface area contributed by atoms with Crippen LogP contribution in [0.2, 0.25) is 0 Å². The lowest BCUT2D eigenvalue weighted by Gasteiger charge is -2.18. The maximum Gasteiger partial charge on any atom is 0.319 e. The highest BCUT2D eigenvalue weighted by molar-refractivity contribution is 7.07. The molecule has 1 aromatic carbocycles. The van der Waals surface area contributed by atoms with Crippen LogP contribution in [0.25, 0.3) is 0 Å². The fourth-order valence-corrected chi connectivity index (χ4v) is 4.82. The zero-order valence-corrected chi connectivity index (χ0v) is 16.6. The van der Waals surface area contributed by atoms with E-state index in [9.17, 15) is 4.79 Å². The van der Waals surface area contributed by atoms with Gasteiger partial charge in [0.25, 0.3) is 0 Å². The number of benzene rings is 1. The van der Waals surface area contributed by atoms with Crippen LogP contribution >= 0.6 is 11.3 Å². The second kappa shape index (κ2) is 8.00. The van der Waals surface area contributed by atoms with Crippen LogP contribution in [0.4, 0.5) is 10.5 Å². The summed E-state index contributed by atoms with van der Waals surface area (Å²) in [5.41, 5.74) is 4.44. The number of hydrogen-bond donors (Lipinski definition) is 2. The monoisotopic (exact) mass is 386 g/mol. The zero-order valence-electron chi connectivity index (χ0n) is 15.7. The molecule has 144 valence electrons. The highest BCUT2D eigenvalue weighted by Gasteiger charge is 2.47. The van der Waals surface area contributed by atoms with Crippen LogP contribution in [0, 0.1) is 19.8 Å². The number of carbonyl (C=O) groups excluding carboxylic acids is 1. The lowest BCUT2D eigenvalue weighted by Crippen LogP contribution is -2.45. The normalized spacial score (nSPS) is 26.7. The number of rotatable bonds is 5. The molecule has 2 saturated heterocycles. The van der Waals surface area contributed by atoms with E-state index in [2.05, 4.69) is 33.5 Å². The third-order valence-electron chi connectivity index (χ3n) is 5.34. The van der Waals surface area contributed by atoms with E-state index in [-0.39, 0.29) is 24.3 Å². The van der Waals surface area contributed by atoms with Crippen LogP contribution in [0.5, 0.6) is 0 Å². The first-order valence-corrected chi connectivity index (χ1v) is 10.4. The predicted molar refractivity (Wildman–Crippen MR) is 107 cm³/mol. The largest absolute Gasteiger partial charge is 0.373 e. The first-order chi connectivity index (χ1) is 13.1. The van der Waals surface area contributed by atoms with Crippen molar-refractivity contribution in [1.29, 1.82) is 0 Å². The Morgan fingerprint density at radius 1 is 1.15 bits per heavy atom. The van der Waals surface area contributed by atoms with E-state index in [4.69, 9.17) is 9.47 Å². The van der Waals surface area contributed by atoms with Crippen LogP contribution in [0.3, 0.4) is 0 Å². The number of thiophene rings is 1. The van der Waals surface area contributed by atoms with Gasteiger partial charge in [0, 0.05) is 11.6 Å². The third kappa shape index (κ3) is 4.34. The van der Waals surface area contributed by atoms with Crippen molar-refractivity contribution in [2.45, 2.75) is 44.9 Å². The number of aryl methyl sites for hydroxylation is 3. The topological polar surface area (TPSA) is 59.6 Å². The molecule has 2 amide bonds. The summed E-state index contributed by atoms with van der Waals surface area (Å²) in [6.07, 6.45) is 2.13. The van der Waals surface area contributed by atoms with Gasteiger partial charge in [-0.3, -0.25) is 0 Å². The molecule has 2 fully saturated rings. The van der Waals surface area contributed by atoms with Gasteiger partial charge in [0.15, 0.2) is 0 Å². The molecule has 5 nitrogen and oxygen atoms in total. The molecule has 2 N–H and O–H groups in total. The second-order valence-electron chi connectivity index (χ2n) is 7.61. The van der Waals surface area contributed by atoms with E-state index in [0.717, 1.165) is 29.7 Å². The minimum Gasteiger partial charge on any atom is -0.373 e. The Labute approximate surface area is 164 Å². The smallest absolute Gasteiger partial charge is 0.319 e. The summed E-state index contributed by atoms with van der Waals surface area (Å²) in [4.78, 5) is 12.4. The van der Waals surface area contributed by atoms with Crippen molar-refractivity contribution in [2.75, 3.05) is 18.5 Å². The van der Waals surface area contributed by atoms with Crippen molar-refractivity contribution in [3.05, 3.63) is 51.7 Å². The van der Waals surface area contributed by atoms with E-state index >= 15 is 0 Å². The van der Waals surface area contributed by atoms with Crippen molar-refractivity contribution in [3.8, 4) is 0 Å². The average molecular weight is 387 g/mol. The van der Waals surface area contributed by atoms with E-state index < -0.39 is 0 Å². The number of ether oxygens (including phenoxy) is 2. The Balaban J connectivity index is 1.30. The third-order valence-corrected chi connectivity index (χ3v) is 6.07. The standard InChI is InChI=1S/C21H26N2O3S/c1-13-7-14(2)9-17(8-13)22-21(24)23-18-11-26-19-16(10-25-20(18)19)4-3-15-5-6-27-12-15/h5-9,12,16,18-20H,3-4,10-11H2,1-2H3,(H2,22,23,24)/t16-,18+,19?,20-/m1/s1. The number of nitrogens with one attached hydrogen (secondary N) is 2. The molecule has 6 heteroatoms. The first-order valence-electron chi connectivity index (χ1n) is 9.48. The molecule has 27 heavy (non-hydrogen) atoms. The van der Waals surface area contributed by atoms with Crippen LogP contribution in [-0.2, 0) is 15.9 Å². The van der Waals surface area contributed by atoms with Gasteiger partial charge in [-0.05, 0) is 72.3 Å². The SMILES string of the molecule is Cc1cc(C)cc(NC(=O)N[C@H]2COC3[C@H](CCc4ccsc4)CO[C@@H]32)c1. The lowest BCUT2D eigenvalue weighted by molar-refractivity contribution is 0.0615. The molecular weight excluding hydrogens is 360 g/mol. The van der Waals surface area contributed by atoms with E-state index in [1.54, 1.807) is 11.3 Å². The maximum atomic E-state index is 12.4. The number of amides is 2. The Morgan fingerprint density at radius 3 is 2.67 bits per heavy atom. The number of carbonyl (C=O) groups is 1. The molecule has 3 heterocycles. The molecule has 2 aliphatic rings. The van der Waals surface area contributed by atoms with E-state index in [0.29, 0.717) is 19.1 Å². The fraction of sp³-hybridized carbons (Fsp3) is 0.476. The molecular formula is C21H26N2O3S. The van der Waals surface area contributed by atoms with Gasteiger partial charge in [-0.15, -0.1) is 0 Å². The van der Waals surface area contributed by atoms with Crippen molar-refractivity contribution in [1.82, 2.24) is 5.32 Å². The fourth-order valence-electron chi connectivity index (χ4n) is 4.12. The highest BCUT2D eigenvalue weighted by atomic mass is 32.1. The first kappa shape index (κ1) is 18.5. The summed E-state index contributed by atoms with van der Waals surface area (Å²) in [6.45, 7) is 5.25. The van der Waals surface area contributed by atoms with Crippen LogP contribution < -0.4 is 10.6 Å². The summed E-state index contributed by atoms with van der Waals surface area (Å²) in [7, 11) is 0. The number of urea groups is 1. The van der Waals surface area contributed by atoms with Gasteiger partial charge in [0.2, 0.25) is 0 Å². The van der Waals surface area contributed by atoms with E-state index in [1.807, 2.05) is 26.0 Å². The summed E-state index contributed by atoms with van der Waals surface area (Å²) < 4.78 is 12.0. The average Bonchev–Trinajstić information content (AvgIpc) is 3.31. The van der Waals surface area contributed by atoms with Gasteiger partial charge in [0.05, 0.1) is 25.4 Å². The minimum atomic E-state index is -0.209. The molecule has 0 aliphatic carbocycles. The van der Waals surface area contributed by atoms with Gasteiger partial charge in [0.1, 0.15) is 6.10 Å². The molecule has 4 rings (SSSR count). The molecule has 0 saturated carbocycles. The van der Waals surface area contributed by atoms with Crippen LogP contribution in [0.15, 0.2) is 35.0 Å². The van der Waals surface area contributed by atoms with Crippen LogP contribution in [-0.4, -0.2) is 37.5 Å². The lowest BCUT2D eigenvalue weighted by atomic mass is 9.94. The molecule has 1 aromatic heterocycles. The van der Waals surface area contributed by atoms with Gasteiger partial charge in [-0.25, -0.2) is 4.79 Å². The molecule has 1 unspecified atom stereocenters. The van der Waals surface area contributed by atoms with Gasteiger partial charge in [-0.2, -0.15) is 11.3 Å². The summed E-state index contributed by atoms with van der Waals surface area (Å²) >= 11 is 1.73. The van der Waals surface area contributed by atoms with Gasteiger partial charge >= 0.3 is 6.03 Å². The van der Waals surface area contributed by atoms with Crippen LogP contribution in [0.1, 0.15) is 23.1 Å². The van der Waals surface area contributed by atoms with Gasteiger partial charge in [-0.1, -0.05) is 6.07 Å². The summed E-state index contributed by atoms with van der Waals surface area (Å²) in [6, 6.07) is 7.88. The van der Waals surface area contributed by atoms with Crippen molar-refractivity contribution in [3.63, 3.8) is 0 Å². The van der Waals surface area contributed by atoms with E-state index in [1.165, 1.54) is 5.56 Å². The van der Waals surface area contributed by atoms with Crippen molar-refractivity contribution < 1.29 is 14.3 Å². The Morgan fingerprint density at radius 2 is 1.93 bits per heavy atom. The number of hydrogen-bond acceptors (Lipinski definition) is 4. The predicted octanol–water partition coefficient (Wildman–Crippen LogP) is 3.90. The second-order valence-corrected chi connectivity index (χ2v) is 8.39. The Bertz CT molecular complexity index is 772. The molecule has 2 aromatic rings. The zero-order chi connectivity index (χ0) is 18.8. The summed E-state index contributed by atoms with van der Waals surface area (Å²) in [5, 5.41) is 10.3. The minimum absolute atomic E-state index is 0.0533.